The van der Waals surface area contributed by atoms with Gasteiger partial charge >= 0.3 is 0 Å². The first-order valence-corrected chi connectivity index (χ1v) is 5.84. The van der Waals surface area contributed by atoms with Gasteiger partial charge in [-0.3, -0.25) is 0 Å². The number of methoxy groups -OCH3 is 1. The molecule has 5 heteroatoms. The molecule has 0 aliphatic carbocycles. The zero-order valence-corrected chi connectivity index (χ0v) is 11.4. The molecular formula is C12H23N3O2. The Bertz CT molecular complexity index is 367. The van der Waals surface area contributed by atoms with E-state index in [9.17, 15) is 5.11 Å². The number of ether oxygens (including phenoxy) is 1. The molecule has 1 aromatic rings. The van der Waals surface area contributed by atoms with Gasteiger partial charge in [-0.25, -0.2) is 4.68 Å². The molecule has 0 unspecified atom stereocenters. The summed E-state index contributed by atoms with van der Waals surface area (Å²) in [5.41, 5.74) is 1.42. The second kappa shape index (κ2) is 5.51. The zero-order valence-electron chi connectivity index (χ0n) is 11.4. The normalized spacial score (nSPS) is 11.9. The van der Waals surface area contributed by atoms with Crippen molar-refractivity contribution in [3.05, 3.63) is 11.3 Å². The first kappa shape index (κ1) is 14.0. The molecule has 0 radical (unpaired) electrons. The lowest BCUT2D eigenvalue weighted by atomic mass is 10.1. The molecule has 0 aromatic carbocycles. The van der Waals surface area contributed by atoms with E-state index in [1.54, 1.807) is 11.8 Å². The van der Waals surface area contributed by atoms with E-state index in [0.29, 0.717) is 13.0 Å². The lowest BCUT2D eigenvalue weighted by molar-refractivity contribution is 0.0711. The monoisotopic (exact) mass is 241 g/mol. The summed E-state index contributed by atoms with van der Waals surface area (Å²) in [6, 6.07) is 0. The summed E-state index contributed by atoms with van der Waals surface area (Å²) in [4.78, 5) is 0. The maximum absolute atomic E-state index is 9.59. The summed E-state index contributed by atoms with van der Waals surface area (Å²) in [6.07, 6.45) is 0.717. The number of aromatic nitrogens is 2. The van der Waals surface area contributed by atoms with Crippen LogP contribution in [0.2, 0.25) is 0 Å². The Labute approximate surface area is 103 Å². The summed E-state index contributed by atoms with van der Waals surface area (Å²) in [7, 11) is 3.52. The van der Waals surface area contributed by atoms with E-state index < -0.39 is 5.60 Å². The van der Waals surface area contributed by atoms with Gasteiger partial charge in [0.05, 0.1) is 24.0 Å². The summed E-state index contributed by atoms with van der Waals surface area (Å²) in [6.45, 7) is 7.06. The number of aryl methyl sites for hydroxylation is 2. The Morgan fingerprint density at radius 2 is 2.12 bits per heavy atom. The third-order valence-corrected chi connectivity index (χ3v) is 2.70. The highest BCUT2D eigenvalue weighted by Crippen LogP contribution is 2.20. The molecule has 1 rings (SSSR count). The van der Waals surface area contributed by atoms with Crippen LogP contribution < -0.4 is 10.1 Å². The molecule has 0 aliphatic rings. The summed E-state index contributed by atoms with van der Waals surface area (Å²) >= 11 is 0. The van der Waals surface area contributed by atoms with Crippen molar-refractivity contribution in [1.29, 1.82) is 0 Å². The van der Waals surface area contributed by atoms with Gasteiger partial charge in [0.25, 0.3) is 0 Å². The minimum absolute atomic E-state index is 0.624. The van der Waals surface area contributed by atoms with Gasteiger partial charge in [-0.2, -0.15) is 5.10 Å². The SMILES string of the molecule is COc1c(CNCCC(C)(C)O)c(C)nn1C. The van der Waals surface area contributed by atoms with Gasteiger partial charge in [-0.15, -0.1) is 0 Å². The van der Waals surface area contributed by atoms with Crippen LogP contribution in [0.25, 0.3) is 0 Å². The molecule has 0 saturated carbocycles. The number of nitrogens with zero attached hydrogens (tertiary/aromatic N) is 2. The Hall–Kier alpha value is -1.07. The minimum Gasteiger partial charge on any atom is -0.481 e. The fraction of sp³-hybridized carbons (Fsp3) is 0.750. The minimum atomic E-state index is -0.624. The van der Waals surface area contributed by atoms with Gasteiger partial charge in [0, 0.05) is 13.6 Å². The maximum atomic E-state index is 9.59. The van der Waals surface area contributed by atoms with Gasteiger partial charge in [0.15, 0.2) is 0 Å². The highest BCUT2D eigenvalue weighted by atomic mass is 16.5. The van der Waals surface area contributed by atoms with Crippen LogP contribution in [0.15, 0.2) is 0 Å². The van der Waals surface area contributed by atoms with Gasteiger partial charge in [-0.05, 0) is 33.7 Å². The third-order valence-electron chi connectivity index (χ3n) is 2.70. The first-order chi connectivity index (χ1) is 7.85. The standard InChI is InChI=1S/C12H23N3O2/c1-9-10(11(17-5)15(4)14-9)8-13-7-6-12(2,3)16/h13,16H,6-8H2,1-5H3. The van der Waals surface area contributed by atoms with Crippen molar-refractivity contribution in [3.63, 3.8) is 0 Å². The van der Waals surface area contributed by atoms with E-state index in [-0.39, 0.29) is 0 Å². The quantitative estimate of drug-likeness (QED) is 0.729. The molecule has 98 valence electrons. The van der Waals surface area contributed by atoms with Gasteiger partial charge < -0.3 is 15.2 Å². The second-order valence-electron chi connectivity index (χ2n) is 4.94. The van der Waals surface area contributed by atoms with Crippen LogP contribution in [-0.4, -0.2) is 34.1 Å². The molecule has 0 aliphatic heterocycles. The van der Waals surface area contributed by atoms with Crippen molar-refractivity contribution >= 4 is 0 Å². The van der Waals surface area contributed by atoms with Crippen molar-refractivity contribution in [3.8, 4) is 5.88 Å². The average Bonchev–Trinajstić information content (AvgIpc) is 2.46. The van der Waals surface area contributed by atoms with Crippen molar-refractivity contribution < 1.29 is 9.84 Å². The molecule has 0 saturated heterocycles. The van der Waals surface area contributed by atoms with Crippen LogP contribution in [0.4, 0.5) is 0 Å². The average molecular weight is 241 g/mol. The first-order valence-electron chi connectivity index (χ1n) is 5.84. The largest absolute Gasteiger partial charge is 0.481 e. The van der Waals surface area contributed by atoms with Crippen LogP contribution in [-0.2, 0) is 13.6 Å². The molecule has 1 aromatic heterocycles. The lowest BCUT2D eigenvalue weighted by Gasteiger charge is -2.17. The van der Waals surface area contributed by atoms with Crippen LogP contribution in [0.3, 0.4) is 0 Å². The predicted molar refractivity (Wildman–Crippen MR) is 67.1 cm³/mol. The molecular weight excluding hydrogens is 218 g/mol. The molecule has 5 nitrogen and oxygen atoms in total. The molecule has 17 heavy (non-hydrogen) atoms. The number of nitrogens with one attached hydrogen (secondary N) is 1. The number of aliphatic hydroxyl groups is 1. The van der Waals surface area contributed by atoms with E-state index in [2.05, 4.69) is 10.4 Å². The highest BCUT2D eigenvalue weighted by molar-refractivity contribution is 5.30. The molecule has 0 spiro atoms. The van der Waals surface area contributed by atoms with Crippen molar-refractivity contribution in [2.24, 2.45) is 7.05 Å². The molecule has 1 heterocycles. The topological polar surface area (TPSA) is 59.3 Å². The summed E-state index contributed by atoms with van der Waals surface area (Å²) in [5.74, 6) is 0.790. The maximum Gasteiger partial charge on any atom is 0.216 e. The Kier molecular flexibility index (Phi) is 4.54. The fourth-order valence-corrected chi connectivity index (χ4v) is 1.75. The zero-order chi connectivity index (χ0) is 13.1. The van der Waals surface area contributed by atoms with Gasteiger partial charge in [0.2, 0.25) is 5.88 Å². The molecule has 0 bridgehead atoms. The highest BCUT2D eigenvalue weighted by Gasteiger charge is 2.14. The van der Waals surface area contributed by atoms with E-state index in [4.69, 9.17) is 4.74 Å². The Morgan fingerprint density at radius 3 is 2.65 bits per heavy atom. The van der Waals surface area contributed by atoms with E-state index >= 15 is 0 Å². The van der Waals surface area contributed by atoms with E-state index in [1.807, 2.05) is 27.8 Å². The van der Waals surface area contributed by atoms with Crippen molar-refractivity contribution in [2.45, 2.75) is 39.3 Å². The summed E-state index contributed by atoms with van der Waals surface area (Å²) < 4.78 is 7.04. The summed E-state index contributed by atoms with van der Waals surface area (Å²) in [5, 5.41) is 17.2. The lowest BCUT2D eigenvalue weighted by Crippen LogP contribution is -2.26. The van der Waals surface area contributed by atoms with E-state index in [0.717, 1.165) is 23.7 Å². The molecule has 0 fully saturated rings. The molecule has 0 amide bonds. The van der Waals surface area contributed by atoms with Crippen molar-refractivity contribution in [1.82, 2.24) is 15.1 Å². The molecule has 0 atom stereocenters. The van der Waals surface area contributed by atoms with Crippen LogP contribution in [0, 0.1) is 6.92 Å². The van der Waals surface area contributed by atoms with Gasteiger partial charge in [0.1, 0.15) is 0 Å². The van der Waals surface area contributed by atoms with Crippen molar-refractivity contribution in [2.75, 3.05) is 13.7 Å². The predicted octanol–water partition coefficient (Wildman–Crippen LogP) is 0.988. The van der Waals surface area contributed by atoms with E-state index in [1.165, 1.54) is 0 Å². The fourth-order valence-electron chi connectivity index (χ4n) is 1.75. The van der Waals surface area contributed by atoms with Gasteiger partial charge in [-0.1, -0.05) is 0 Å². The Balaban J connectivity index is 2.52. The smallest absolute Gasteiger partial charge is 0.216 e. The number of hydrogen-bond acceptors (Lipinski definition) is 4. The van der Waals surface area contributed by atoms with Crippen LogP contribution in [0.1, 0.15) is 31.5 Å². The number of rotatable bonds is 6. The second-order valence-corrected chi connectivity index (χ2v) is 4.94. The third kappa shape index (κ3) is 4.02. The molecule has 2 N–H and O–H groups in total. The van der Waals surface area contributed by atoms with Crippen LogP contribution in [0.5, 0.6) is 5.88 Å². The Morgan fingerprint density at radius 1 is 1.47 bits per heavy atom. The number of hydrogen-bond donors (Lipinski definition) is 2. The van der Waals surface area contributed by atoms with Crippen LogP contribution >= 0.6 is 0 Å².